The van der Waals surface area contributed by atoms with E-state index in [0.29, 0.717) is 11.3 Å². The van der Waals surface area contributed by atoms with Gasteiger partial charge in [-0.1, -0.05) is 18.2 Å². The van der Waals surface area contributed by atoms with Crippen molar-refractivity contribution < 1.29 is 19.0 Å². The summed E-state index contributed by atoms with van der Waals surface area (Å²) < 4.78 is 18.6. The van der Waals surface area contributed by atoms with Gasteiger partial charge >= 0.3 is 5.97 Å². The number of carboxylic acids is 1. The number of benzene rings is 2. The van der Waals surface area contributed by atoms with Crippen molar-refractivity contribution in [2.75, 3.05) is 5.73 Å². The maximum atomic E-state index is 13.2. The Balaban J connectivity index is 2.25. The molecule has 0 saturated heterocycles. The zero-order valence-electron chi connectivity index (χ0n) is 10.9. The zero-order chi connectivity index (χ0) is 14.7. The van der Waals surface area contributed by atoms with Crippen LogP contribution in [-0.4, -0.2) is 11.1 Å². The first-order chi connectivity index (χ1) is 9.49. The Morgan fingerprint density at radius 1 is 1.35 bits per heavy atom. The van der Waals surface area contributed by atoms with Crippen LogP contribution in [0.1, 0.15) is 21.5 Å². The third kappa shape index (κ3) is 2.88. The largest absolute Gasteiger partial charge is 0.488 e. The van der Waals surface area contributed by atoms with Gasteiger partial charge in [-0.15, -0.1) is 0 Å². The number of hydrogen-bond donors (Lipinski definition) is 2. The van der Waals surface area contributed by atoms with Crippen molar-refractivity contribution in [2.45, 2.75) is 13.5 Å². The first-order valence-electron chi connectivity index (χ1n) is 5.98. The molecular weight excluding hydrogens is 261 g/mol. The molecule has 4 nitrogen and oxygen atoms in total. The molecule has 0 unspecified atom stereocenters. The molecule has 0 saturated carbocycles. The van der Waals surface area contributed by atoms with Crippen LogP contribution in [0, 0.1) is 12.7 Å². The number of rotatable bonds is 4. The van der Waals surface area contributed by atoms with Crippen molar-refractivity contribution in [2.24, 2.45) is 0 Å². The van der Waals surface area contributed by atoms with Crippen LogP contribution in [-0.2, 0) is 6.61 Å². The Bertz CT molecular complexity index is 656. The second-order valence-corrected chi connectivity index (χ2v) is 4.39. The van der Waals surface area contributed by atoms with E-state index in [1.54, 1.807) is 25.1 Å². The molecule has 3 N–H and O–H groups in total. The first kappa shape index (κ1) is 13.9. The highest BCUT2D eigenvalue weighted by Crippen LogP contribution is 2.22. The van der Waals surface area contributed by atoms with Crippen molar-refractivity contribution in [3.8, 4) is 5.75 Å². The van der Waals surface area contributed by atoms with Crippen LogP contribution < -0.4 is 10.5 Å². The molecule has 0 bridgehead atoms. The minimum Gasteiger partial charge on any atom is -0.488 e. The van der Waals surface area contributed by atoms with Gasteiger partial charge in [0.2, 0.25) is 0 Å². The number of hydrogen-bond acceptors (Lipinski definition) is 3. The number of carbonyl (C=O) groups is 1. The molecule has 0 aliphatic carbocycles. The predicted molar refractivity (Wildman–Crippen MR) is 73.3 cm³/mol. The van der Waals surface area contributed by atoms with Crippen LogP contribution >= 0.6 is 0 Å². The molecule has 0 fully saturated rings. The van der Waals surface area contributed by atoms with Gasteiger partial charge < -0.3 is 15.6 Å². The molecule has 0 aliphatic rings. The van der Waals surface area contributed by atoms with Gasteiger partial charge in [-0.3, -0.25) is 0 Å². The second kappa shape index (κ2) is 5.61. The summed E-state index contributed by atoms with van der Waals surface area (Å²) in [6, 6.07) is 8.99. The molecule has 104 valence electrons. The number of anilines is 1. The van der Waals surface area contributed by atoms with E-state index >= 15 is 0 Å². The molecular formula is C15H14FNO3. The van der Waals surface area contributed by atoms with Gasteiger partial charge in [0.25, 0.3) is 0 Å². The highest BCUT2D eigenvalue weighted by atomic mass is 19.1. The summed E-state index contributed by atoms with van der Waals surface area (Å²) in [4.78, 5) is 11.2. The quantitative estimate of drug-likeness (QED) is 0.841. The highest BCUT2D eigenvalue weighted by Gasteiger charge is 2.14. The molecule has 2 aromatic rings. The van der Waals surface area contributed by atoms with Crippen molar-refractivity contribution in [1.82, 2.24) is 0 Å². The van der Waals surface area contributed by atoms with E-state index in [0.717, 1.165) is 5.56 Å². The van der Waals surface area contributed by atoms with E-state index in [9.17, 15) is 9.18 Å². The lowest BCUT2D eigenvalue weighted by Crippen LogP contribution is -2.09. The molecule has 0 aliphatic heterocycles. The third-order valence-electron chi connectivity index (χ3n) is 2.93. The van der Waals surface area contributed by atoms with Gasteiger partial charge in [-0.25, -0.2) is 9.18 Å². The molecule has 0 spiro atoms. The average Bonchev–Trinajstić information content (AvgIpc) is 2.39. The van der Waals surface area contributed by atoms with Crippen molar-refractivity contribution in [1.29, 1.82) is 0 Å². The number of nitrogens with two attached hydrogens (primary N) is 1. The summed E-state index contributed by atoms with van der Waals surface area (Å²) in [5.74, 6) is -1.14. The predicted octanol–water partition coefficient (Wildman–Crippen LogP) is 2.99. The van der Waals surface area contributed by atoms with Gasteiger partial charge in [0.15, 0.2) is 0 Å². The zero-order valence-corrected chi connectivity index (χ0v) is 10.9. The summed E-state index contributed by atoms with van der Waals surface area (Å²) in [5, 5.41) is 9.15. The molecule has 0 aromatic heterocycles. The van der Waals surface area contributed by atoms with E-state index in [2.05, 4.69) is 0 Å². The van der Waals surface area contributed by atoms with Gasteiger partial charge in [0.05, 0.1) is 5.56 Å². The molecule has 0 radical (unpaired) electrons. The van der Waals surface area contributed by atoms with Crippen LogP contribution in [0.3, 0.4) is 0 Å². The maximum absolute atomic E-state index is 13.2. The summed E-state index contributed by atoms with van der Waals surface area (Å²) >= 11 is 0. The second-order valence-electron chi connectivity index (χ2n) is 4.39. The Morgan fingerprint density at radius 2 is 2.10 bits per heavy atom. The lowest BCUT2D eigenvalue weighted by Gasteiger charge is -2.12. The highest BCUT2D eigenvalue weighted by molar-refractivity contribution is 5.95. The van der Waals surface area contributed by atoms with Gasteiger partial charge in [-0.2, -0.15) is 0 Å². The number of aryl methyl sites for hydroxylation is 1. The van der Waals surface area contributed by atoms with Crippen molar-refractivity contribution in [3.63, 3.8) is 0 Å². The molecule has 2 rings (SSSR count). The molecule has 0 heterocycles. The van der Waals surface area contributed by atoms with Crippen LogP contribution in [0.15, 0.2) is 36.4 Å². The molecule has 5 heteroatoms. The third-order valence-corrected chi connectivity index (χ3v) is 2.93. The fourth-order valence-electron chi connectivity index (χ4n) is 1.89. The minimum absolute atomic E-state index is 0.0109. The van der Waals surface area contributed by atoms with E-state index in [-0.39, 0.29) is 17.9 Å². The topological polar surface area (TPSA) is 72.5 Å². The normalized spacial score (nSPS) is 10.3. The lowest BCUT2D eigenvalue weighted by molar-refractivity contribution is 0.0695. The van der Waals surface area contributed by atoms with E-state index in [1.165, 1.54) is 18.2 Å². The minimum atomic E-state index is -1.11. The number of nitrogen functional groups attached to an aromatic ring is 1. The lowest BCUT2D eigenvalue weighted by atomic mass is 10.1. The Labute approximate surface area is 115 Å². The molecule has 20 heavy (non-hydrogen) atoms. The fourth-order valence-corrected chi connectivity index (χ4v) is 1.89. The first-order valence-corrected chi connectivity index (χ1v) is 5.98. The number of halogens is 1. The Morgan fingerprint density at radius 3 is 2.80 bits per heavy atom. The summed E-state index contributed by atoms with van der Waals surface area (Å²) in [5.41, 5.74) is 7.06. The molecule has 2 aromatic carbocycles. The Hall–Kier alpha value is -2.56. The van der Waals surface area contributed by atoms with Crippen molar-refractivity contribution >= 4 is 11.7 Å². The van der Waals surface area contributed by atoms with E-state index in [1.807, 2.05) is 0 Å². The fraction of sp³-hybridized carbons (Fsp3) is 0.133. The van der Waals surface area contributed by atoms with Gasteiger partial charge in [0, 0.05) is 17.3 Å². The number of aromatic carboxylic acids is 1. The SMILES string of the molecule is Cc1ccc(F)cc1OCc1cccc(N)c1C(=O)O. The molecule has 0 atom stereocenters. The van der Waals surface area contributed by atoms with Crippen LogP contribution in [0.5, 0.6) is 5.75 Å². The average molecular weight is 275 g/mol. The summed E-state index contributed by atoms with van der Waals surface area (Å²) in [7, 11) is 0. The van der Waals surface area contributed by atoms with Crippen molar-refractivity contribution in [3.05, 3.63) is 58.9 Å². The Kier molecular flexibility index (Phi) is 3.89. The summed E-state index contributed by atoms with van der Waals surface area (Å²) in [6.45, 7) is 1.79. The monoisotopic (exact) mass is 275 g/mol. The molecule has 0 amide bonds. The maximum Gasteiger partial charge on any atom is 0.338 e. The summed E-state index contributed by atoms with van der Waals surface area (Å²) in [6.07, 6.45) is 0. The van der Waals surface area contributed by atoms with E-state index < -0.39 is 11.8 Å². The van der Waals surface area contributed by atoms with E-state index in [4.69, 9.17) is 15.6 Å². The van der Waals surface area contributed by atoms with Gasteiger partial charge in [0.1, 0.15) is 18.2 Å². The van der Waals surface area contributed by atoms with Crippen LogP contribution in [0.25, 0.3) is 0 Å². The van der Waals surface area contributed by atoms with Crippen LogP contribution in [0.4, 0.5) is 10.1 Å². The van der Waals surface area contributed by atoms with Crippen LogP contribution in [0.2, 0.25) is 0 Å². The number of ether oxygens (including phenoxy) is 1. The number of carboxylic acid groups (broad SMARTS) is 1. The standard InChI is InChI=1S/C15H14FNO3/c1-9-5-6-11(16)7-13(9)20-8-10-3-2-4-12(17)14(10)15(18)19/h2-7H,8,17H2,1H3,(H,18,19). The van der Waals surface area contributed by atoms with Gasteiger partial charge in [-0.05, 0) is 24.6 Å². The smallest absolute Gasteiger partial charge is 0.338 e.